The van der Waals surface area contributed by atoms with Crippen LogP contribution in [0.1, 0.15) is 43.9 Å². The molecule has 4 rings (SSSR count). The van der Waals surface area contributed by atoms with Crippen molar-refractivity contribution in [3.05, 3.63) is 28.8 Å². The van der Waals surface area contributed by atoms with Crippen molar-refractivity contribution in [3.63, 3.8) is 0 Å². The predicted molar refractivity (Wildman–Crippen MR) is 97.4 cm³/mol. The third-order valence-electron chi connectivity index (χ3n) is 6.63. The second-order valence-corrected chi connectivity index (χ2v) is 7.93. The van der Waals surface area contributed by atoms with Crippen molar-refractivity contribution < 1.29 is 14.4 Å². The van der Waals surface area contributed by atoms with Gasteiger partial charge in [-0.1, -0.05) is 19.1 Å². The molecule has 0 saturated carbocycles. The monoisotopic (exact) mass is 355 g/mol. The fourth-order valence-corrected chi connectivity index (χ4v) is 4.92. The van der Waals surface area contributed by atoms with Crippen molar-refractivity contribution in [2.24, 2.45) is 11.8 Å². The highest BCUT2D eigenvalue weighted by molar-refractivity contribution is 6.15. The lowest BCUT2D eigenvalue weighted by molar-refractivity contribution is -0.145. The molecule has 3 heterocycles. The molecule has 5 atom stereocenters. The number of likely N-dealkylation sites (tertiary alicyclic amines) is 1. The van der Waals surface area contributed by atoms with E-state index in [2.05, 4.69) is 10.6 Å². The Morgan fingerprint density at radius 3 is 2.54 bits per heavy atom. The fourth-order valence-electron chi connectivity index (χ4n) is 4.92. The molecule has 138 valence electrons. The maximum Gasteiger partial charge on any atom is 0.250 e. The zero-order valence-electron chi connectivity index (χ0n) is 15.8. The maximum absolute atomic E-state index is 13.3. The molecule has 3 aliphatic rings. The molecule has 0 unspecified atom stereocenters. The first-order valence-corrected chi connectivity index (χ1v) is 9.32. The van der Waals surface area contributed by atoms with Gasteiger partial charge >= 0.3 is 0 Å². The molecule has 0 aromatic heterocycles. The Kier molecular flexibility index (Phi) is 3.57. The fraction of sp³-hybridized carbons (Fsp3) is 0.550. The van der Waals surface area contributed by atoms with Crippen molar-refractivity contribution in [1.29, 1.82) is 0 Å². The SMILES string of the molecule is CC[C@H](C)N1C(=O)[C@@H]2[C@H](C)N[C@]3(C(=O)Nc4c3ccc(C)c4C)[C@H]2C1=O. The number of hydrogen-bond donors (Lipinski definition) is 2. The van der Waals surface area contributed by atoms with Crippen LogP contribution in [0.3, 0.4) is 0 Å². The molecule has 3 amide bonds. The number of rotatable bonds is 2. The summed E-state index contributed by atoms with van der Waals surface area (Å²) in [5.41, 5.74) is 2.49. The first kappa shape index (κ1) is 17.2. The van der Waals surface area contributed by atoms with Crippen LogP contribution in [0.25, 0.3) is 0 Å². The summed E-state index contributed by atoms with van der Waals surface area (Å²) in [4.78, 5) is 40.9. The molecular formula is C20H25N3O3. The van der Waals surface area contributed by atoms with Crippen LogP contribution in [0, 0.1) is 25.7 Å². The first-order valence-electron chi connectivity index (χ1n) is 9.32. The van der Waals surface area contributed by atoms with Crippen molar-refractivity contribution in [2.75, 3.05) is 5.32 Å². The van der Waals surface area contributed by atoms with Gasteiger partial charge in [-0.05, 0) is 45.2 Å². The minimum absolute atomic E-state index is 0.156. The van der Waals surface area contributed by atoms with E-state index in [1.165, 1.54) is 4.90 Å². The molecule has 1 aromatic rings. The summed E-state index contributed by atoms with van der Waals surface area (Å²) in [5.74, 6) is -1.81. The van der Waals surface area contributed by atoms with E-state index in [1.807, 2.05) is 46.8 Å². The Bertz CT molecular complexity index is 849. The van der Waals surface area contributed by atoms with Gasteiger partial charge in [-0.25, -0.2) is 0 Å². The summed E-state index contributed by atoms with van der Waals surface area (Å²) in [5, 5.41) is 6.32. The largest absolute Gasteiger partial charge is 0.324 e. The second kappa shape index (κ2) is 5.39. The molecule has 26 heavy (non-hydrogen) atoms. The number of benzene rings is 1. The minimum atomic E-state index is -1.16. The molecule has 2 saturated heterocycles. The lowest BCUT2D eigenvalue weighted by Crippen LogP contribution is -2.53. The van der Waals surface area contributed by atoms with Crippen molar-refractivity contribution >= 4 is 23.4 Å². The maximum atomic E-state index is 13.3. The summed E-state index contributed by atoms with van der Waals surface area (Å²) in [6.07, 6.45) is 0.701. The molecular weight excluding hydrogens is 330 g/mol. The summed E-state index contributed by atoms with van der Waals surface area (Å²) in [6.45, 7) is 9.70. The Morgan fingerprint density at radius 1 is 1.19 bits per heavy atom. The van der Waals surface area contributed by atoms with E-state index in [-0.39, 0.29) is 29.8 Å². The van der Waals surface area contributed by atoms with E-state index >= 15 is 0 Å². The second-order valence-electron chi connectivity index (χ2n) is 7.93. The summed E-state index contributed by atoms with van der Waals surface area (Å²) >= 11 is 0. The number of amides is 3. The number of carbonyl (C=O) groups excluding carboxylic acids is 3. The Hall–Kier alpha value is -2.21. The van der Waals surface area contributed by atoms with Crippen LogP contribution in [0.15, 0.2) is 12.1 Å². The molecule has 0 bridgehead atoms. The highest BCUT2D eigenvalue weighted by Crippen LogP contribution is 2.53. The molecule has 2 fully saturated rings. The molecule has 2 N–H and O–H groups in total. The summed E-state index contributed by atoms with van der Waals surface area (Å²) in [6, 6.07) is 3.49. The zero-order chi connectivity index (χ0) is 19.0. The van der Waals surface area contributed by atoms with Gasteiger partial charge in [0.1, 0.15) is 5.54 Å². The third-order valence-corrected chi connectivity index (χ3v) is 6.63. The molecule has 6 heteroatoms. The number of anilines is 1. The van der Waals surface area contributed by atoms with Gasteiger partial charge in [-0.15, -0.1) is 0 Å². The number of carbonyl (C=O) groups is 3. The first-order chi connectivity index (χ1) is 12.3. The zero-order valence-corrected chi connectivity index (χ0v) is 15.8. The number of imide groups is 1. The van der Waals surface area contributed by atoms with E-state index in [4.69, 9.17) is 0 Å². The molecule has 1 spiro atoms. The minimum Gasteiger partial charge on any atom is -0.324 e. The Morgan fingerprint density at radius 2 is 1.88 bits per heavy atom. The topological polar surface area (TPSA) is 78.5 Å². The predicted octanol–water partition coefficient (Wildman–Crippen LogP) is 1.84. The lowest BCUT2D eigenvalue weighted by atomic mass is 9.76. The van der Waals surface area contributed by atoms with Gasteiger partial charge in [-0.3, -0.25) is 24.6 Å². The van der Waals surface area contributed by atoms with Gasteiger partial charge in [0.05, 0.1) is 11.8 Å². The van der Waals surface area contributed by atoms with Crippen LogP contribution >= 0.6 is 0 Å². The normalized spacial score (nSPS) is 33.7. The highest BCUT2D eigenvalue weighted by atomic mass is 16.2. The molecule has 0 radical (unpaired) electrons. The van der Waals surface area contributed by atoms with Crippen LogP contribution in [0.5, 0.6) is 0 Å². The quantitative estimate of drug-likeness (QED) is 0.794. The standard InChI is InChI=1S/C20H25N3O3/c1-6-10(3)23-17(24)14-12(5)22-20(15(14)18(23)25)13-8-7-9(2)11(4)16(13)21-19(20)26/h7-8,10,12,14-15,22H,6H2,1-5H3,(H,21,26)/t10-,12-,14+,15+,20-/m0/s1. The van der Waals surface area contributed by atoms with E-state index in [1.54, 1.807) is 0 Å². The van der Waals surface area contributed by atoms with Crippen molar-refractivity contribution in [3.8, 4) is 0 Å². The van der Waals surface area contributed by atoms with E-state index in [0.29, 0.717) is 6.42 Å². The van der Waals surface area contributed by atoms with Gasteiger partial charge in [0.25, 0.3) is 0 Å². The number of hydrogen-bond acceptors (Lipinski definition) is 4. The smallest absolute Gasteiger partial charge is 0.250 e. The van der Waals surface area contributed by atoms with Crippen molar-refractivity contribution in [2.45, 2.75) is 58.7 Å². The van der Waals surface area contributed by atoms with E-state index in [9.17, 15) is 14.4 Å². The highest BCUT2D eigenvalue weighted by Gasteiger charge is 2.70. The molecule has 0 aliphatic carbocycles. The number of aryl methyl sites for hydroxylation is 1. The molecule has 6 nitrogen and oxygen atoms in total. The van der Waals surface area contributed by atoms with Crippen LogP contribution < -0.4 is 10.6 Å². The molecule has 1 aromatic carbocycles. The van der Waals surface area contributed by atoms with Gasteiger partial charge in [0.2, 0.25) is 17.7 Å². The average molecular weight is 355 g/mol. The van der Waals surface area contributed by atoms with Gasteiger partial charge < -0.3 is 5.32 Å². The van der Waals surface area contributed by atoms with Gasteiger partial charge in [0, 0.05) is 23.3 Å². The van der Waals surface area contributed by atoms with Crippen LogP contribution in [0.4, 0.5) is 5.69 Å². The Labute approximate surface area is 153 Å². The average Bonchev–Trinajstić information content (AvgIpc) is 3.16. The number of nitrogens with one attached hydrogen (secondary N) is 2. The van der Waals surface area contributed by atoms with Crippen LogP contribution in [-0.2, 0) is 19.9 Å². The van der Waals surface area contributed by atoms with Crippen LogP contribution in [0.2, 0.25) is 0 Å². The van der Waals surface area contributed by atoms with Crippen LogP contribution in [-0.4, -0.2) is 34.7 Å². The van der Waals surface area contributed by atoms with Gasteiger partial charge in [0.15, 0.2) is 0 Å². The summed E-state index contributed by atoms with van der Waals surface area (Å²) < 4.78 is 0. The van der Waals surface area contributed by atoms with E-state index in [0.717, 1.165) is 22.4 Å². The van der Waals surface area contributed by atoms with E-state index < -0.39 is 17.4 Å². The van der Waals surface area contributed by atoms with Crippen molar-refractivity contribution in [1.82, 2.24) is 10.2 Å². The third kappa shape index (κ3) is 1.83. The number of nitrogens with zero attached hydrogens (tertiary/aromatic N) is 1. The molecule has 3 aliphatic heterocycles. The van der Waals surface area contributed by atoms with Gasteiger partial charge in [-0.2, -0.15) is 0 Å². The lowest BCUT2D eigenvalue weighted by Gasteiger charge is -2.30. The number of fused-ring (bicyclic) bond motifs is 4. The summed E-state index contributed by atoms with van der Waals surface area (Å²) in [7, 11) is 0. The Balaban J connectivity index is 1.90.